The number of nitrogens with zero attached hydrogens (tertiary/aromatic N) is 3. The maximum absolute atomic E-state index is 11.0. The van der Waals surface area contributed by atoms with Crippen LogP contribution in [0.3, 0.4) is 0 Å². The second-order valence-electron chi connectivity index (χ2n) is 2.97. The van der Waals surface area contributed by atoms with E-state index in [1.54, 1.807) is 5.38 Å². The predicted octanol–water partition coefficient (Wildman–Crippen LogP) is 1.60. The summed E-state index contributed by atoms with van der Waals surface area (Å²) in [5, 5.41) is 11.2. The highest BCUT2D eigenvalue weighted by molar-refractivity contribution is 7.98. The van der Waals surface area contributed by atoms with Crippen LogP contribution in [0.1, 0.15) is 10.4 Å². The number of aromatic carboxylic acids is 1. The number of rotatable bonds is 3. The maximum Gasteiger partial charge on any atom is 0.337 e. The maximum atomic E-state index is 11.0. The Morgan fingerprint density at radius 2 is 2.24 bits per heavy atom. The number of carbonyl (C=O) groups is 1. The highest BCUT2D eigenvalue weighted by Gasteiger charge is 2.16. The number of nitrogen functional groups attached to an aromatic ring is 1. The Balaban J connectivity index is 2.56. The molecule has 0 spiro atoms. The molecule has 8 heteroatoms. The fourth-order valence-corrected chi connectivity index (χ4v) is 2.40. The Kier molecular flexibility index (Phi) is 3.25. The second kappa shape index (κ2) is 4.68. The Bertz CT molecular complexity index is 570. The van der Waals surface area contributed by atoms with Crippen LogP contribution >= 0.6 is 23.1 Å². The Labute approximate surface area is 105 Å². The normalized spacial score (nSPS) is 10.4. The van der Waals surface area contributed by atoms with Gasteiger partial charge in [-0.2, -0.15) is 9.97 Å². The van der Waals surface area contributed by atoms with E-state index in [9.17, 15) is 4.79 Å². The molecule has 0 saturated carbocycles. The van der Waals surface area contributed by atoms with Crippen LogP contribution in [0.4, 0.5) is 5.95 Å². The number of carboxylic acids is 1. The number of hydrogen-bond acceptors (Lipinski definition) is 7. The Morgan fingerprint density at radius 1 is 1.47 bits per heavy atom. The van der Waals surface area contributed by atoms with Crippen LogP contribution in [0.5, 0.6) is 0 Å². The van der Waals surface area contributed by atoms with Gasteiger partial charge in [0.25, 0.3) is 0 Å². The fourth-order valence-electron chi connectivity index (χ4n) is 1.22. The number of anilines is 1. The summed E-state index contributed by atoms with van der Waals surface area (Å²) in [5.41, 5.74) is 5.72. The molecule has 3 N–H and O–H groups in total. The van der Waals surface area contributed by atoms with Crippen molar-refractivity contribution in [2.75, 3.05) is 12.0 Å². The van der Waals surface area contributed by atoms with Gasteiger partial charge in [-0.05, 0) is 17.7 Å². The lowest BCUT2D eigenvalue weighted by Gasteiger charge is -2.02. The highest BCUT2D eigenvalue weighted by Crippen LogP contribution is 2.28. The van der Waals surface area contributed by atoms with E-state index >= 15 is 0 Å². The van der Waals surface area contributed by atoms with Crippen molar-refractivity contribution < 1.29 is 9.90 Å². The SMILES string of the molecule is CSc1nc(N)nc(-c2sccc2C(=O)O)n1. The number of thioether (sulfide) groups is 1. The van der Waals surface area contributed by atoms with Gasteiger partial charge in [0, 0.05) is 0 Å². The summed E-state index contributed by atoms with van der Waals surface area (Å²) in [7, 11) is 0. The average molecular weight is 268 g/mol. The summed E-state index contributed by atoms with van der Waals surface area (Å²) < 4.78 is 0. The van der Waals surface area contributed by atoms with E-state index in [1.807, 2.05) is 6.26 Å². The van der Waals surface area contributed by atoms with E-state index in [0.29, 0.717) is 15.9 Å². The first-order valence-corrected chi connectivity index (χ1v) is 6.59. The molecule has 0 bridgehead atoms. The van der Waals surface area contributed by atoms with Crippen LogP contribution in [0.25, 0.3) is 10.7 Å². The van der Waals surface area contributed by atoms with E-state index < -0.39 is 5.97 Å². The molecule has 2 rings (SSSR count). The summed E-state index contributed by atoms with van der Waals surface area (Å²) in [6.07, 6.45) is 1.81. The number of hydrogen-bond donors (Lipinski definition) is 2. The Morgan fingerprint density at radius 3 is 2.88 bits per heavy atom. The molecule has 0 amide bonds. The van der Waals surface area contributed by atoms with Gasteiger partial charge in [0.15, 0.2) is 11.0 Å². The van der Waals surface area contributed by atoms with Gasteiger partial charge in [-0.25, -0.2) is 9.78 Å². The van der Waals surface area contributed by atoms with Crippen molar-refractivity contribution in [1.29, 1.82) is 0 Å². The van der Waals surface area contributed by atoms with Gasteiger partial charge in [0.2, 0.25) is 5.95 Å². The van der Waals surface area contributed by atoms with Gasteiger partial charge in [0.1, 0.15) is 0 Å². The van der Waals surface area contributed by atoms with Crippen molar-refractivity contribution in [1.82, 2.24) is 15.0 Å². The Hall–Kier alpha value is -1.67. The van der Waals surface area contributed by atoms with Gasteiger partial charge in [-0.15, -0.1) is 11.3 Å². The molecule has 0 aliphatic carbocycles. The van der Waals surface area contributed by atoms with Crippen molar-refractivity contribution >= 4 is 35.0 Å². The molecule has 0 aliphatic rings. The minimum Gasteiger partial charge on any atom is -0.478 e. The molecule has 0 unspecified atom stereocenters. The molecule has 0 fully saturated rings. The van der Waals surface area contributed by atoms with E-state index in [0.717, 1.165) is 0 Å². The third-order valence-corrected chi connectivity index (χ3v) is 3.37. The van der Waals surface area contributed by atoms with Gasteiger partial charge in [-0.1, -0.05) is 11.8 Å². The van der Waals surface area contributed by atoms with Crippen LogP contribution < -0.4 is 5.73 Å². The van der Waals surface area contributed by atoms with Crippen molar-refractivity contribution in [3.8, 4) is 10.7 Å². The van der Waals surface area contributed by atoms with E-state index in [2.05, 4.69) is 15.0 Å². The number of aromatic nitrogens is 3. The zero-order valence-electron chi connectivity index (χ0n) is 8.75. The predicted molar refractivity (Wildman–Crippen MR) is 66.3 cm³/mol. The van der Waals surface area contributed by atoms with E-state index in [-0.39, 0.29) is 11.5 Å². The van der Waals surface area contributed by atoms with Gasteiger partial charge in [-0.3, -0.25) is 0 Å². The lowest BCUT2D eigenvalue weighted by atomic mass is 10.2. The number of carboxylic acid groups (broad SMARTS) is 1. The van der Waals surface area contributed by atoms with E-state index in [1.165, 1.54) is 29.2 Å². The molecule has 0 radical (unpaired) electrons. The fraction of sp³-hybridized carbons (Fsp3) is 0.111. The van der Waals surface area contributed by atoms with Crippen molar-refractivity contribution in [2.45, 2.75) is 5.16 Å². The first-order valence-electron chi connectivity index (χ1n) is 4.48. The van der Waals surface area contributed by atoms with Gasteiger partial charge < -0.3 is 10.8 Å². The van der Waals surface area contributed by atoms with Crippen LogP contribution in [0, 0.1) is 0 Å². The van der Waals surface area contributed by atoms with Crippen LogP contribution in [0.2, 0.25) is 0 Å². The van der Waals surface area contributed by atoms with Crippen molar-refractivity contribution in [3.63, 3.8) is 0 Å². The van der Waals surface area contributed by atoms with Crippen molar-refractivity contribution in [3.05, 3.63) is 17.0 Å². The molecule has 2 aromatic rings. The van der Waals surface area contributed by atoms with Gasteiger partial charge in [0.05, 0.1) is 10.4 Å². The zero-order valence-corrected chi connectivity index (χ0v) is 10.4. The topological polar surface area (TPSA) is 102 Å². The smallest absolute Gasteiger partial charge is 0.337 e. The van der Waals surface area contributed by atoms with Crippen LogP contribution in [0.15, 0.2) is 16.6 Å². The molecule has 2 aromatic heterocycles. The average Bonchev–Trinajstić information content (AvgIpc) is 2.77. The lowest BCUT2D eigenvalue weighted by Crippen LogP contribution is -2.03. The summed E-state index contributed by atoms with van der Waals surface area (Å²) in [4.78, 5) is 23.5. The van der Waals surface area contributed by atoms with E-state index in [4.69, 9.17) is 10.8 Å². The lowest BCUT2D eigenvalue weighted by molar-refractivity contribution is 0.0698. The van der Waals surface area contributed by atoms with Gasteiger partial charge >= 0.3 is 5.97 Å². The molecule has 0 atom stereocenters. The molecule has 17 heavy (non-hydrogen) atoms. The zero-order chi connectivity index (χ0) is 12.4. The molecule has 0 aromatic carbocycles. The first-order chi connectivity index (χ1) is 8.11. The summed E-state index contributed by atoms with van der Waals surface area (Å²) in [6.45, 7) is 0. The quantitative estimate of drug-likeness (QED) is 0.815. The molecular weight excluding hydrogens is 260 g/mol. The number of nitrogens with two attached hydrogens (primary N) is 1. The largest absolute Gasteiger partial charge is 0.478 e. The van der Waals surface area contributed by atoms with Crippen LogP contribution in [-0.4, -0.2) is 32.3 Å². The minimum atomic E-state index is -1.01. The molecule has 0 saturated heterocycles. The summed E-state index contributed by atoms with van der Waals surface area (Å²) >= 11 is 2.58. The molecular formula is C9H8N4O2S2. The molecule has 88 valence electrons. The molecule has 6 nitrogen and oxygen atoms in total. The highest BCUT2D eigenvalue weighted by atomic mass is 32.2. The standard InChI is InChI=1S/C9H8N4O2S2/c1-16-9-12-6(11-8(10)13-9)5-4(7(14)15)2-3-17-5/h2-3H,1H3,(H,14,15)(H2,10,11,12,13). The molecule has 0 aliphatic heterocycles. The number of thiophene rings is 1. The van der Waals surface area contributed by atoms with Crippen molar-refractivity contribution in [2.24, 2.45) is 0 Å². The third-order valence-electron chi connectivity index (χ3n) is 1.91. The second-order valence-corrected chi connectivity index (χ2v) is 4.66. The summed E-state index contributed by atoms with van der Waals surface area (Å²) in [6, 6.07) is 1.51. The monoisotopic (exact) mass is 268 g/mol. The van der Waals surface area contributed by atoms with Crippen LogP contribution in [-0.2, 0) is 0 Å². The third kappa shape index (κ3) is 2.37. The molecule has 2 heterocycles. The first kappa shape index (κ1) is 11.8. The minimum absolute atomic E-state index is 0.0871. The summed E-state index contributed by atoms with van der Waals surface area (Å²) in [5.74, 6) is -0.621.